The van der Waals surface area contributed by atoms with E-state index in [-0.39, 0.29) is 12.1 Å². The highest BCUT2D eigenvalue weighted by atomic mass is 16.3. The molecule has 3 nitrogen and oxygen atoms in total. The minimum absolute atomic E-state index is 0.100. The molecule has 18 heavy (non-hydrogen) atoms. The van der Waals surface area contributed by atoms with Crippen LogP contribution in [0.5, 0.6) is 0 Å². The Morgan fingerprint density at radius 3 is 2.39 bits per heavy atom. The van der Waals surface area contributed by atoms with E-state index in [0.29, 0.717) is 0 Å². The van der Waals surface area contributed by atoms with Crippen molar-refractivity contribution in [3.63, 3.8) is 0 Å². The first-order valence-electron chi connectivity index (χ1n) is 7.64. The predicted octanol–water partition coefficient (Wildman–Crippen LogP) is 2.39. The Labute approximate surface area is 113 Å². The summed E-state index contributed by atoms with van der Waals surface area (Å²) in [7, 11) is 0. The van der Waals surface area contributed by atoms with Crippen molar-refractivity contribution in [1.29, 1.82) is 0 Å². The van der Waals surface area contributed by atoms with Gasteiger partial charge in [-0.25, -0.2) is 0 Å². The van der Waals surface area contributed by atoms with Gasteiger partial charge in [0.2, 0.25) is 0 Å². The third-order valence-corrected chi connectivity index (χ3v) is 4.47. The Balaban J connectivity index is 2.35. The molecule has 0 aromatic heterocycles. The number of nitrogens with one attached hydrogen (secondary N) is 1. The Hall–Kier alpha value is -0.120. The van der Waals surface area contributed by atoms with E-state index in [0.717, 1.165) is 25.0 Å². The number of hydrogen-bond donors (Lipinski definition) is 2. The van der Waals surface area contributed by atoms with Gasteiger partial charge >= 0.3 is 0 Å². The van der Waals surface area contributed by atoms with Crippen molar-refractivity contribution in [1.82, 2.24) is 10.2 Å². The summed E-state index contributed by atoms with van der Waals surface area (Å²) in [6.45, 7) is 11.3. The fourth-order valence-electron chi connectivity index (χ4n) is 3.22. The molecule has 3 heteroatoms. The number of hydrogen-bond acceptors (Lipinski definition) is 3. The first-order valence-corrected chi connectivity index (χ1v) is 7.64. The number of likely N-dealkylation sites (N-methyl/N-ethyl adjacent to an activating group) is 1. The number of aliphatic hydroxyl groups is 1. The molecule has 0 aliphatic carbocycles. The largest absolute Gasteiger partial charge is 0.394 e. The summed E-state index contributed by atoms with van der Waals surface area (Å²) in [5, 5.41) is 12.9. The van der Waals surface area contributed by atoms with Gasteiger partial charge in [0.15, 0.2) is 0 Å². The molecule has 0 saturated carbocycles. The average Bonchev–Trinajstić information content (AvgIpc) is 2.33. The van der Waals surface area contributed by atoms with Crippen molar-refractivity contribution >= 4 is 0 Å². The molecule has 0 radical (unpaired) electrons. The standard InChI is InChI=1S/C15H32N2O/c1-5-16-15(4,12-18)10-7-11-17-13(2)8-6-9-14(17)3/h13-14,16,18H,5-12H2,1-4H3. The molecular formula is C15H32N2O. The maximum absolute atomic E-state index is 9.48. The van der Waals surface area contributed by atoms with Gasteiger partial charge in [-0.1, -0.05) is 13.3 Å². The molecule has 0 amide bonds. The van der Waals surface area contributed by atoms with Gasteiger partial charge in [0.25, 0.3) is 0 Å². The lowest BCUT2D eigenvalue weighted by Crippen LogP contribution is -2.47. The Kier molecular flexibility index (Phi) is 6.61. The Morgan fingerprint density at radius 2 is 1.89 bits per heavy atom. The summed E-state index contributed by atoms with van der Waals surface area (Å²) >= 11 is 0. The van der Waals surface area contributed by atoms with E-state index >= 15 is 0 Å². The van der Waals surface area contributed by atoms with Gasteiger partial charge in [-0.05, 0) is 59.5 Å². The molecule has 1 aliphatic rings. The maximum Gasteiger partial charge on any atom is 0.0610 e. The predicted molar refractivity (Wildman–Crippen MR) is 77.9 cm³/mol. The molecular weight excluding hydrogens is 224 g/mol. The summed E-state index contributed by atoms with van der Waals surface area (Å²) in [6.07, 6.45) is 6.28. The second-order valence-corrected chi connectivity index (χ2v) is 6.22. The molecule has 1 heterocycles. The SMILES string of the molecule is CCNC(C)(CO)CCCN1C(C)CCCC1C. The summed E-state index contributed by atoms with van der Waals surface area (Å²) < 4.78 is 0. The minimum atomic E-state index is -0.100. The number of piperidine rings is 1. The van der Waals surface area contributed by atoms with Crippen molar-refractivity contribution in [3.8, 4) is 0 Å². The lowest BCUT2D eigenvalue weighted by molar-refractivity contribution is 0.0929. The number of rotatable bonds is 7. The van der Waals surface area contributed by atoms with Crippen LogP contribution >= 0.6 is 0 Å². The molecule has 1 fully saturated rings. The first-order chi connectivity index (χ1) is 8.52. The monoisotopic (exact) mass is 256 g/mol. The van der Waals surface area contributed by atoms with Gasteiger partial charge in [-0.3, -0.25) is 4.90 Å². The average molecular weight is 256 g/mol. The van der Waals surface area contributed by atoms with E-state index < -0.39 is 0 Å². The number of likely N-dealkylation sites (tertiary alicyclic amines) is 1. The number of nitrogens with zero attached hydrogens (tertiary/aromatic N) is 1. The molecule has 0 aromatic carbocycles. The van der Waals surface area contributed by atoms with E-state index in [4.69, 9.17) is 0 Å². The molecule has 0 aromatic rings. The minimum Gasteiger partial charge on any atom is -0.394 e. The van der Waals surface area contributed by atoms with Gasteiger partial charge in [0.1, 0.15) is 0 Å². The smallest absolute Gasteiger partial charge is 0.0610 e. The topological polar surface area (TPSA) is 35.5 Å². The summed E-state index contributed by atoms with van der Waals surface area (Å²) in [5.41, 5.74) is -0.100. The Morgan fingerprint density at radius 1 is 1.28 bits per heavy atom. The zero-order chi connectivity index (χ0) is 13.6. The van der Waals surface area contributed by atoms with E-state index in [9.17, 15) is 5.11 Å². The molecule has 1 rings (SSSR count). The first kappa shape index (κ1) is 15.9. The van der Waals surface area contributed by atoms with Crippen molar-refractivity contribution in [3.05, 3.63) is 0 Å². The lowest BCUT2D eigenvalue weighted by Gasteiger charge is -2.39. The van der Waals surface area contributed by atoms with Gasteiger partial charge < -0.3 is 10.4 Å². The van der Waals surface area contributed by atoms with Crippen LogP contribution in [-0.4, -0.2) is 47.3 Å². The van der Waals surface area contributed by atoms with Crippen LogP contribution in [0.1, 0.15) is 59.8 Å². The van der Waals surface area contributed by atoms with Gasteiger partial charge in [0.05, 0.1) is 6.61 Å². The highest BCUT2D eigenvalue weighted by molar-refractivity contribution is 4.84. The van der Waals surface area contributed by atoms with E-state index in [1.165, 1.54) is 32.2 Å². The normalized spacial score (nSPS) is 29.2. The van der Waals surface area contributed by atoms with Crippen LogP contribution in [0.3, 0.4) is 0 Å². The quantitative estimate of drug-likeness (QED) is 0.734. The maximum atomic E-state index is 9.48. The molecule has 3 atom stereocenters. The van der Waals surface area contributed by atoms with E-state index in [1.807, 2.05) is 0 Å². The van der Waals surface area contributed by atoms with Gasteiger partial charge in [-0.15, -0.1) is 0 Å². The molecule has 0 bridgehead atoms. The van der Waals surface area contributed by atoms with Crippen LogP contribution < -0.4 is 5.32 Å². The van der Waals surface area contributed by atoms with Crippen molar-refractivity contribution < 1.29 is 5.11 Å². The number of aliphatic hydroxyl groups excluding tert-OH is 1. The highest BCUT2D eigenvalue weighted by Crippen LogP contribution is 2.23. The van der Waals surface area contributed by atoms with Crippen LogP contribution in [0, 0.1) is 0 Å². The highest BCUT2D eigenvalue weighted by Gasteiger charge is 2.26. The molecule has 0 spiro atoms. The zero-order valence-electron chi connectivity index (χ0n) is 12.7. The third-order valence-electron chi connectivity index (χ3n) is 4.47. The van der Waals surface area contributed by atoms with Crippen LogP contribution in [-0.2, 0) is 0 Å². The van der Waals surface area contributed by atoms with Crippen molar-refractivity contribution in [2.45, 2.75) is 77.4 Å². The second kappa shape index (κ2) is 7.46. The van der Waals surface area contributed by atoms with Crippen LogP contribution in [0.4, 0.5) is 0 Å². The summed E-state index contributed by atoms with van der Waals surface area (Å²) in [5.74, 6) is 0. The van der Waals surface area contributed by atoms with Crippen molar-refractivity contribution in [2.24, 2.45) is 0 Å². The van der Waals surface area contributed by atoms with Gasteiger partial charge in [0, 0.05) is 17.6 Å². The van der Waals surface area contributed by atoms with E-state index in [2.05, 4.69) is 37.9 Å². The fourth-order valence-corrected chi connectivity index (χ4v) is 3.22. The van der Waals surface area contributed by atoms with Crippen LogP contribution in [0.25, 0.3) is 0 Å². The van der Waals surface area contributed by atoms with Crippen LogP contribution in [0.15, 0.2) is 0 Å². The molecule has 3 unspecified atom stereocenters. The fraction of sp³-hybridized carbons (Fsp3) is 1.00. The lowest BCUT2D eigenvalue weighted by atomic mass is 9.94. The Bertz CT molecular complexity index is 225. The summed E-state index contributed by atoms with van der Waals surface area (Å²) in [6, 6.07) is 1.46. The van der Waals surface area contributed by atoms with Gasteiger partial charge in [-0.2, -0.15) is 0 Å². The zero-order valence-corrected chi connectivity index (χ0v) is 12.7. The molecule has 2 N–H and O–H groups in total. The molecule has 108 valence electrons. The van der Waals surface area contributed by atoms with Crippen LogP contribution in [0.2, 0.25) is 0 Å². The second-order valence-electron chi connectivity index (χ2n) is 6.22. The molecule has 1 saturated heterocycles. The molecule has 1 aliphatic heterocycles. The summed E-state index contributed by atoms with van der Waals surface area (Å²) in [4.78, 5) is 2.65. The van der Waals surface area contributed by atoms with E-state index in [1.54, 1.807) is 0 Å². The third kappa shape index (κ3) is 4.52. The van der Waals surface area contributed by atoms with Crippen molar-refractivity contribution in [2.75, 3.05) is 19.7 Å².